The number of methoxy groups -OCH3 is 1. The maximum atomic E-state index is 13.7. The van der Waals surface area contributed by atoms with Crippen LogP contribution in [-0.2, 0) is 14.1 Å². The highest BCUT2D eigenvalue weighted by molar-refractivity contribution is 7.60. The number of benzene rings is 1. The van der Waals surface area contributed by atoms with E-state index >= 15 is 0 Å². The lowest BCUT2D eigenvalue weighted by molar-refractivity contribution is -0.215. The second-order valence-electron chi connectivity index (χ2n) is 8.04. The summed E-state index contributed by atoms with van der Waals surface area (Å²) in [5.41, 5.74) is 1.14. The fourth-order valence-corrected chi connectivity index (χ4v) is 7.46. The molecule has 3 aliphatic rings. The van der Waals surface area contributed by atoms with E-state index in [9.17, 15) is 9.69 Å². The summed E-state index contributed by atoms with van der Waals surface area (Å²) < 4.78 is 16.9. The predicted octanol–water partition coefficient (Wildman–Crippen LogP) is 3.18. The maximum absolute atomic E-state index is 13.7. The Hall–Kier alpha value is -1.20. The lowest BCUT2D eigenvalue weighted by Gasteiger charge is -2.41. The van der Waals surface area contributed by atoms with E-state index in [1.165, 1.54) is 12.7 Å². The monoisotopic (exact) mass is 393 g/mol. The number of fused-ring (bicyclic) bond motifs is 5. The van der Waals surface area contributed by atoms with Gasteiger partial charge in [0.05, 0.1) is 19.8 Å². The zero-order chi connectivity index (χ0) is 19.4. The molecule has 1 aromatic rings. The molecule has 2 saturated heterocycles. The van der Waals surface area contributed by atoms with Gasteiger partial charge in [0.2, 0.25) is 0 Å². The molecule has 4 rings (SSSR count). The average molecular weight is 393 g/mol. The fraction of sp³-hybridized carbons (Fsp3) is 0.650. The van der Waals surface area contributed by atoms with Gasteiger partial charge < -0.3 is 14.2 Å². The van der Waals surface area contributed by atoms with Crippen LogP contribution in [0.4, 0.5) is 0 Å². The lowest BCUT2D eigenvalue weighted by atomic mass is 9.93. The summed E-state index contributed by atoms with van der Waals surface area (Å²) in [4.78, 5) is 28.7. The van der Waals surface area contributed by atoms with E-state index in [-0.39, 0.29) is 17.7 Å². The van der Waals surface area contributed by atoms with Crippen molar-refractivity contribution in [1.29, 1.82) is 0 Å². The van der Waals surface area contributed by atoms with Crippen molar-refractivity contribution in [3.63, 3.8) is 0 Å². The molecule has 148 valence electrons. The van der Waals surface area contributed by atoms with Crippen LogP contribution in [0.15, 0.2) is 18.2 Å². The van der Waals surface area contributed by atoms with E-state index in [2.05, 4.69) is 24.8 Å². The Morgan fingerprint density at radius 2 is 2.26 bits per heavy atom. The fourth-order valence-electron chi connectivity index (χ4n) is 5.09. The standard InChI is InChI=1S/C20H28NO5P/c1-5-25-27(23)17-12-20(19(22)24-4)9-6-10-21(20)18(17)15-11-14(13(2)3)7-8-16(15)26-27/h7-8,11,13,17-18H,5-6,9-10,12H2,1-4H3/t17-,18-,20+,27?/m0/s1. The Morgan fingerprint density at radius 1 is 1.48 bits per heavy atom. The topological polar surface area (TPSA) is 71.1 Å². The number of nitrogens with zero attached hydrogens (tertiary/aromatic N) is 1. The van der Waals surface area contributed by atoms with E-state index in [4.69, 9.17) is 13.8 Å². The highest BCUT2D eigenvalue weighted by atomic mass is 31.2. The predicted molar refractivity (Wildman–Crippen MR) is 102 cm³/mol. The van der Waals surface area contributed by atoms with Gasteiger partial charge in [-0.3, -0.25) is 9.69 Å². The SMILES string of the molecule is CCO[P+]1([O-])Oc2ccc(C(C)C)cc2[C@H]2[C@@H]1C[C@@]1(C(=O)OC)CCCN21. The summed E-state index contributed by atoms with van der Waals surface area (Å²) in [5, 5.41) is 0. The first-order chi connectivity index (χ1) is 12.9. The summed E-state index contributed by atoms with van der Waals surface area (Å²) in [6.45, 7) is 7.22. The smallest absolute Gasteiger partial charge is 0.326 e. The molecule has 0 N–H and O–H groups in total. The number of carbonyl (C=O) groups excluding carboxylic acids is 1. The minimum Gasteiger partial charge on any atom is -0.624 e. The Morgan fingerprint density at radius 3 is 2.93 bits per heavy atom. The Bertz CT molecular complexity index is 756. The maximum Gasteiger partial charge on any atom is 0.326 e. The van der Waals surface area contributed by atoms with Crippen LogP contribution in [0.1, 0.15) is 63.1 Å². The first kappa shape index (κ1) is 19.1. The van der Waals surface area contributed by atoms with Crippen LogP contribution in [0, 0.1) is 0 Å². The summed E-state index contributed by atoms with van der Waals surface area (Å²) in [5.74, 6) is 0.753. The number of hydrogen-bond donors (Lipinski definition) is 0. The third kappa shape index (κ3) is 2.72. The summed E-state index contributed by atoms with van der Waals surface area (Å²) >= 11 is 0. The Labute approximate surface area is 161 Å². The highest BCUT2D eigenvalue weighted by Crippen LogP contribution is 2.71. The van der Waals surface area contributed by atoms with Gasteiger partial charge >= 0.3 is 5.97 Å². The molecule has 3 aliphatic heterocycles. The van der Waals surface area contributed by atoms with Gasteiger partial charge in [-0.1, -0.05) is 19.9 Å². The summed E-state index contributed by atoms with van der Waals surface area (Å²) in [7, 11) is -1.96. The van der Waals surface area contributed by atoms with Crippen LogP contribution < -0.4 is 9.42 Å². The lowest BCUT2D eigenvalue weighted by Crippen LogP contribution is -2.47. The number of esters is 1. The molecule has 4 atom stereocenters. The van der Waals surface area contributed by atoms with Gasteiger partial charge in [0.15, 0.2) is 5.75 Å². The molecule has 27 heavy (non-hydrogen) atoms. The van der Waals surface area contributed by atoms with Gasteiger partial charge in [-0.05, 0) is 43.4 Å². The molecule has 2 fully saturated rings. The molecular weight excluding hydrogens is 365 g/mol. The molecular formula is C20H28NO5P. The van der Waals surface area contributed by atoms with E-state index in [1.807, 2.05) is 19.1 Å². The first-order valence-electron chi connectivity index (χ1n) is 9.79. The van der Waals surface area contributed by atoms with Crippen molar-refractivity contribution in [2.45, 2.75) is 63.2 Å². The van der Waals surface area contributed by atoms with Crippen molar-refractivity contribution in [1.82, 2.24) is 4.90 Å². The quantitative estimate of drug-likeness (QED) is 0.578. The molecule has 0 bridgehead atoms. The third-order valence-electron chi connectivity index (χ3n) is 6.31. The number of carbonyl (C=O) groups is 1. The molecule has 0 saturated carbocycles. The van der Waals surface area contributed by atoms with Gasteiger partial charge in [-0.2, -0.15) is 0 Å². The van der Waals surface area contributed by atoms with E-state index in [0.29, 0.717) is 24.7 Å². The normalized spacial score (nSPS) is 34.7. The van der Waals surface area contributed by atoms with Crippen molar-refractivity contribution in [2.24, 2.45) is 0 Å². The summed E-state index contributed by atoms with van der Waals surface area (Å²) in [6, 6.07) is 5.93. The van der Waals surface area contributed by atoms with Crippen LogP contribution >= 0.6 is 7.94 Å². The zero-order valence-corrected chi connectivity index (χ0v) is 17.3. The third-order valence-corrected chi connectivity index (χ3v) is 8.66. The van der Waals surface area contributed by atoms with Crippen LogP contribution in [0.5, 0.6) is 5.75 Å². The molecule has 1 aromatic carbocycles. The second-order valence-corrected chi connectivity index (χ2v) is 10.2. The summed E-state index contributed by atoms with van der Waals surface area (Å²) in [6.07, 6.45) is 2.10. The molecule has 7 heteroatoms. The largest absolute Gasteiger partial charge is 0.624 e. The number of ether oxygens (including phenoxy) is 1. The van der Waals surface area contributed by atoms with Crippen molar-refractivity contribution in [3.8, 4) is 5.75 Å². The second kappa shape index (κ2) is 6.70. The molecule has 3 heterocycles. The molecule has 1 unspecified atom stereocenters. The van der Waals surface area contributed by atoms with Gasteiger partial charge in [0, 0.05) is 18.5 Å². The first-order valence-corrected chi connectivity index (χ1v) is 11.4. The van der Waals surface area contributed by atoms with E-state index in [0.717, 1.165) is 24.9 Å². The van der Waals surface area contributed by atoms with Crippen molar-refractivity contribution >= 4 is 13.9 Å². The van der Waals surface area contributed by atoms with Crippen LogP contribution in [0.25, 0.3) is 0 Å². The molecule has 0 amide bonds. The van der Waals surface area contributed by atoms with Crippen LogP contribution in [0.3, 0.4) is 0 Å². The van der Waals surface area contributed by atoms with Crippen molar-refractivity contribution in [3.05, 3.63) is 29.3 Å². The van der Waals surface area contributed by atoms with Crippen LogP contribution in [-0.4, -0.2) is 42.3 Å². The molecule has 0 spiro atoms. The van der Waals surface area contributed by atoms with Crippen molar-refractivity contribution in [2.75, 3.05) is 20.3 Å². The Balaban J connectivity index is 1.86. The van der Waals surface area contributed by atoms with Gasteiger partial charge in [0.25, 0.3) is 7.94 Å². The van der Waals surface area contributed by atoms with Crippen LogP contribution in [0.2, 0.25) is 0 Å². The number of rotatable bonds is 4. The van der Waals surface area contributed by atoms with Gasteiger partial charge in [0.1, 0.15) is 11.2 Å². The minimum atomic E-state index is -3.38. The van der Waals surface area contributed by atoms with Gasteiger partial charge in [-0.15, -0.1) is 0 Å². The molecule has 0 aromatic heterocycles. The highest BCUT2D eigenvalue weighted by Gasteiger charge is 2.68. The Kier molecular flexibility index (Phi) is 4.75. The van der Waals surface area contributed by atoms with Gasteiger partial charge in [-0.25, -0.2) is 4.52 Å². The molecule has 0 radical (unpaired) electrons. The zero-order valence-electron chi connectivity index (χ0n) is 16.4. The number of hydrogen-bond acceptors (Lipinski definition) is 6. The van der Waals surface area contributed by atoms with E-state index < -0.39 is 13.5 Å². The van der Waals surface area contributed by atoms with Crippen molar-refractivity contribution < 1.29 is 23.5 Å². The van der Waals surface area contributed by atoms with E-state index in [1.54, 1.807) is 0 Å². The average Bonchev–Trinajstić information content (AvgIpc) is 3.19. The molecule has 6 nitrogen and oxygen atoms in total. The minimum absolute atomic E-state index is 0.147. The molecule has 0 aliphatic carbocycles.